The van der Waals surface area contributed by atoms with E-state index >= 15 is 0 Å². The van der Waals surface area contributed by atoms with Gasteiger partial charge < -0.3 is 26.2 Å². The fraction of sp³-hybridized carbons (Fsp3) is 0.769. The summed E-state index contributed by atoms with van der Waals surface area (Å²) in [6.07, 6.45) is 12.0. The summed E-state index contributed by atoms with van der Waals surface area (Å²) in [4.78, 5) is 97.0. The highest BCUT2D eigenvalue weighted by Crippen LogP contribution is 2.47. The molecule has 2 aliphatic carbocycles. The first-order valence-electron chi connectivity index (χ1n) is 19.5. The third kappa shape index (κ3) is 9.80. The highest BCUT2D eigenvalue weighted by atomic mass is 16.2. The number of piperidine rings is 1. The smallest absolute Gasteiger partial charge is 0.315 e. The molecule has 2 saturated heterocycles. The lowest BCUT2D eigenvalue weighted by Gasteiger charge is -2.43. The zero-order valence-electron chi connectivity index (χ0n) is 32.1. The molecule has 52 heavy (non-hydrogen) atoms. The molecule has 13 heteroatoms. The second kappa shape index (κ2) is 17.4. The minimum Gasteiger partial charge on any atom is -0.346 e. The molecule has 2 saturated carbocycles. The number of rotatable bonds is 14. The van der Waals surface area contributed by atoms with E-state index in [0.29, 0.717) is 51.5 Å². The van der Waals surface area contributed by atoms with E-state index in [2.05, 4.69) is 27.8 Å². The fourth-order valence-electron chi connectivity index (χ4n) is 8.65. The molecule has 0 aromatic carbocycles. The topological polar surface area (TPSA) is 174 Å². The number of nitrogens with zero attached hydrogens (tertiary/aromatic N) is 2. The van der Waals surface area contributed by atoms with Crippen molar-refractivity contribution in [2.45, 2.75) is 155 Å². The average Bonchev–Trinajstić information content (AvgIpc) is 3.76. The number of imide groups is 1. The summed E-state index contributed by atoms with van der Waals surface area (Å²) in [6, 6.07) is -4.01. The summed E-state index contributed by atoms with van der Waals surface area (Å²) in [5.74, 6) is -2.83. The Labute approximate surface area is 309 Å². The molecule has 1 spiro atoms. The van der Waals surface area contributed by atoms with Crippen molar-refractivity contribution in [1.82, 2.24) is 31.1 Å². The quantitative estimate of drug-likeness (QED) is 0.119. The lowest BCUT2D eigenvalue weighted by atomic mass is 9.70. The molecular weight excluding hydrogens is 664 g/mol. The van der Waals surface area contributed by atoms with Gasteiger partial charge in [0.25, 0.3) is 5.91 Å². The molecule has 0 aromatic heterocycles. The van der Waals surface area contributed by atoms with Gasteiger partial charge in [-0.05, 0) is 61.2 Å². The molecule has 4 atom stereocenters. The summed E-state index contributed by atoms with van der Waals surface area (Å²) in [5, 5.41) is 11.2. The van der Waals surface area contributed by atoms with Crippen LogP contribution in [-0.2, 0) is 28.8 Å². The van der Waals surface area contributed by atoms with E-state index in [0.717, 1.165) is 44.9 Å². The summed E-state index contributed by atoms with van der Waals surface area (Å²) in [5.41, 5.74) is -1.33. The molecule has 0 radical (unpaired) electrons. The number of likely N-dealkylation sites (tertiary alicyclic amines) is 2. The van der Waals surface area contributed by atoms with Crippen LogP contribution in [0.2, 0.25) is 0 Å². The van der Waals surface area contributed by atoms with Crippen LogP contribution in [0.5, 0.6) is 0 Å². The van der Waals surface area contributed by atoms with Gasteiger partial charge in [-0.15, -0.1) is 6.58 Å². The predicted octanol–water partition coefficient (Wildman–Crippen LogP) is 3.90. The zero-order valence-corrected chi connectivity index (χ0v) is 32.1. The summed E-state index contributed by atoms with van der Waals surface area (Å²) in [6.45, 7) is 13.7. The van der Waals surface area contributed by atoms with Crippen molar-refractivity contribution >= 4 is 41.4 Å². The fourth-order valence-corrected chi connectivity index (χ4v) is 8.65. The molecule has 0 bridgehead atoms. The minimum absolute atomic E-state index is 0.0399. The van der Waals surface area contributed by atoms with Gasteiger partial charge in [0.1, 0.15) is 12.1 Å². The number of hydrogen-bond acceptors (Lipinski definition) is 7. The first kappa shape index (κ1) is 41.0. The molecule has 290 valence electrons. The summed E-state index contributed by atoms with van der Waals surface area (Å²) >= 11 is 0. The number of nitrogens with one attached hydrogen (secondary N) is 4. The van der Waals surface area contributed by atoms with Crippen LogP contribution in [0.1, 0.15) is 131 Å². The van der Waals surface area contributed by atoms with Crippen LogP contribution in [0.3, 0.4) is 0 Å². The maximum absolute atomic E-state index is 14.5. The third-order valence-corrected chi connectivity index (χ3v) is 11.9. The number of ketones is 1. The van der Waals surface area contributed by atoms with E-state index in [-0.39, 0.29) is 42.6 Å². The lowest BCUT2D eigenvalue weighted by molar-refractivity contribution is -0.154. The van der Waals surface area contributed by atoms with E-state index in [1.807, 2.05) is 34.6 Å². The molecule has 2 heterocycles. The van der Waals surface area contributed by atoms with Crippen LogP contribution in [0.4, 0.5) is 4.79 Å². The molecule has 4 aliphatic rings. The Bertz CT molecular complexity index is 1360. The summed E-state index contributed by atoms with van der Waals surface area (Å²) in [7, 11) is 0. The minimum atomic E-state index is -1.04. The second-order valence-corrected chi connectivity index (χ2v) is 17.0. The standard InChI is InChI=1S/C39H62N6O7/c1-7-15-26(31(48)34(50)40-21-8-2)41-33(49)27-16-14-22-44(27)35(51)32(38(6)17-10-9-11-18-38)43-36(52)42-28(37(3,4)5)25-45-29(46)23-39(24-30(45)47)19-12-13-20-39/h8,26-28,32H,2,7,9-25H2,1,3-6H3,(H,40,50)(H,41,49)(H2,42,43,52)/t26?,27-,28+,32+/m0/s1. The zero-order chi connectivity index (χ0) is 38.3. The number of carbonyl (C=O) groups is 7. The number of Topliss-reactive ketones (excluding diaryl/α,β-unsaturated/α-hetero) is 1. The third-order valence-electron chi connectivity index (χ3n) is 11.9. The normalized spacial score (nSPS) is 23.1. The van der Waals surface area contributed by atoms with Gasteiger partial charge in [-0.3, -0.25) is 33.7 Å². The van der Waals surface area contributed by atoms with Crippen molar-refractivity contribution in [3.8, 4) is 0 Å². The van der Waals surface area contributed by atoms with Crippen LogP contribution >= 0.6 is 0 Å². The van der Waals surface area contributed by atoms with Gasteiger partial charge in [-0.2, -0.15) is 0 Å². The maximum Gasteiger partial charge on any atom is 0.315 e. The SMILES string of the molecule is C=CCNC(=O)C(=O)C(CCC)NC(=O)[C@@H]1CCCN1C(=O)[C@@H](NC(=O)N[C@H](CN1C(=O)CC2(CCCC2)CC1=O)C(C)(C)C)C1(C)CCCCC1. The Balaban J connectivity index is 1.50. The van der Waals surface area contributed by atoms with E-state index in [9.17, 15) is 33.6 Å². The van der Waals surface area contributed by atoms with Gasteiger partial charge in [0.2, 0.25) is 29.4 Å². The highest BCUT2D eigenvalue weighted by Gasteiger charge is 2.48. The van der Waals surface area contributed by atoms with Crippen LogP contribution in [0, 0.1) is 16.2 Å². The summed E-state index contributed by atoms with van der Waals surface area (Å²) < 4.78 is 0. The number of carbonyl (C=O) groups excluding carboxylic acids is 7. The lowest BCUT2D eigenvalue weighted by Crippen LogP contribution is -2.63. The van der Waals surface area contributed by atoms with Gasteiger partial charge in [0.15, 0.2) is 0 Å². The highest BCUT2D eigenvalue weighted by molar-refractivity contribution is 6.38. The average molecular weight is 727 g/mol. The van der Waals surface area contributed by atoms with Gasteiger partial charge in [0.05, 0.1) is 12.1 Å². The number of hydrogen-bond donors (Lipinski definition) is 4. The van der Waals surface area contributed by atoms with Gasteiger partial charge in [0, 0.05) is 32.5 Å². The molecule has 1 unspecified atom stereocenters. The molecule has 0 aromatic rings. The first-order chi connectivity index (χ1) is 24.5. The van der Waals surface area contributed by atoms with Gasteiger partial charge in [-0.25, -0.2) is 4.79 Å². The Morgan fingerprint density at radius 2 is 1.52 bits per heavy atom. The van der Waals surface area contributed by atoms with Crippen molar-refractivity contribution in [2.75, 3.05) is 19.6 Å². The number of urea groups is 1. The molecule has 2 aliphatic heterocycles. The van der Waals surface area contributed by atoms with Crippen LogP contribution in [-0.4, -0.2) is 95.0 Å². The predicted molar refractivity (Wildman–Crippen MR) is 197 cm³/mol. The van der Waals surface area contributed by atoms with Crippen molar-refractivity contribution < 1.29 is 33.6 Å². The van der Waals surface area contributed by atoms with Crippen molar-refractivity contribution in [3.05, 3.63) is 12.7 Å². The Morgan fingerprint density at radius 1 is 0.904 bits per heavy atom. The van der Waals surface area contributed by atoms with Crippen molar-refractivity contribution in [1.29, 1.82) is 0 Å². The molecule has 4 fully saturated rings. The van der Waals surface area contributed by atoms with Crippen LogP contribution < -0.4 is 21.3 Å². The molecule has 7 amide bonds. The first-order valence-corrected chi connectivity index (χ1v) is 19.5. The largest absolute Gasteiger partial charge is 0.346 e. The molecule has 4 N–H and O–H groups in total. The second-order valence-electron chi connectivity index (χ2n) is 17.0. The van der Waals surface area contributed by atoms with Crippen molar-refractivity contribution in [2.24, 2.45) is 16.2 Å². The maximum atomic E-state index is 14.5. The van der Waals surface area contributed by atoms with E-state index < -0.39 is 58.6 Å². The Morgan fingerprint density at radius 3 is 2.10 bits per heavy atom. The number of amides is 7. The van der Waals surface area contributed by atoms with Crippen LogP contribution in [0.15, 0.2) is 12.7 Å². The van der Waals surface area contributed by atoms with Crippen molar-refractivity contribution in [3.63, 3.8) is 0 Å². The molecular formula is C39H62N6O7. The molecule has 4 rings (SSSR count). The van der Waals surface area contributed by atoms with Gasteiger partial charge >= 0.3 is 6.03 Å². The Kier molecular flexibility index (Phi) is 13.7. The van der Waals surface area contributed by atoms with Gasteiger partial charge in [-0.1, -0.05) is 79.2 Å². The van der Waals surface area contributed by atoms with E-state index in [4.69, 9.17) is 0 Å². The van der Waals surface area contributed by atoms with E-state index in [1.165, 1.54) is 15.9 Å². The monoisotopic (exact) mass is 726 g/mol. The van der Waals surface area contributed by atoms with Crippen LogP contribution in [0.25, 0.3) is 0 Å². The van der Waals surface area contributed by atoms with E-state index in [1.54, 1.807) is 0 Å². The Hall–Kier alpha value is -3.77. The molecule has 13 nitrogen and oxygen atoms in total.